The second-order valence-electron chi connectivity index (χ2n) is 4.80. The molecule has 5 nitrogen and oxygen atoms in total. The van der Waals surface area contributed by atoms with Crippen molar-refractivity contribution < 1.29 is 0 Å². The summed E-state index contributed by atoms with van der Waals surface area (Å²) in [5.41, 5.74) is -0.0403. The van der Waals surface area contributed by atoms with Crippen molar-refractivity contribution in [2.75, 3.05) is 0 Å². The predicted octanol–water partition coefficient (Wildman–Crippen LogP) is 1.42. The summed E-state index contributed by atoms with van der Waals surface area (Å²) in [6.07, 6.45) is 2.56. The fourth-order valence-electron chi connectivity index (χ4n) is 2.95. The zero-order valence-electron chi connectivity index (χ0n) is 9.86. The molecule has 4 rings (SSSR count). The van der Waals surface area contributed by atoms with Gasteiger partial charge in [-0.2, -0.15) is 0 Å². The average molecular weight is 276 g/mol. The number of rotatable bonds is 1. The molecule has 2 unspecified atom stereocenters. The molecule has 1 aromatic carbocycles. The topological polar surface area (TPSA) is 48.9 Å². The number of allylic oxidation sites excluding steroid dienone is 2. The minimum Gasteiger partial charge on any atom is -0.245 e. The van der Waals surface area contributed by atoms with Crippen molar-refractivity contribution >= 4 is 11.6 Å². The first-order chi connectivity index (χ1) is 9.18. The summed E-state index contributed by atoms with van der Waals surface area (Å²) in [6, 6.07) is 8.66. The number of halogens is 1. The quantitative estimate of drug-likeness (QED) is 0.790. The Morgan fingerprint density at radius 1 is 1.05 bits per heavy atom. The molecule has 0 amide bonds. The summed E-state index contributed by atoms with van der Waals surface area (Å²) in [4.78, 5) is 24.8. The van der Waals surface area contributed by atoms with E-state index in [1.54, 1.807) is 24.3 Å². The summed E-state index contributed by atoms with van der Waals surface area (Å²) >= 11 is 6.09. The van der Waals surface area contributed by atoms with Crippen molar-refractivity contribution in [2.24, 2.45) is 0 Å². The van der Waals surface area contributed by atoms with E-state index in [-0.39, 0.29) is 23.5 Å². The van der Waals surface area contributed by atoms with E-state index < -0.39 is 0 Å². The lowest BCUT2D eigenvalue weighted by Crippen LogP contribution is -2.28. The molecule has 19 heavy (non-hydrogen) atoms. The second kappa shape index (κ2) is 3.51. The molecule has 6 heteroatoms. The Balaban J connectivity index is 2.03. The van der Waals surface area contributed by atoms with Crippen LogP contribution in [0.3, 0.4) is 0 Å². The van der Waals surface area contributed by atoms with E-state index in [1.807, 2.05) is 12.1 Å². The first-order valence-corrected chi connectivity index (χ1v) is 6.45. The molecule has 0 saturated carbocycles. The third-order valence-electron chi connectivity index (χ3n) is 3.77. The Hall–Kier alpha value is -2.01. The summed E-state index contributed by atoms with van der Waals surface area (Å²) < 4.78 is 4.18. The minimum atomic E-state index is -0.324. The number of hydrogen-bond donors (Lipinski definition) is 0. The molecule has 0 spiro atoms. The van der Waals surface area contributed by atoms with Gasteiger partial charge in [0.2, 0.25) is 0 Å². The van der Waals surface area contributed by atoms with Crippen LogP contribution in [0.15, 0.2) is 51.0 Å². The number of fused-ring (bicyclic) bond motifs is 5. The zero-order valence-corrected chi connectivity index (χ0v) is 10.6. The van der Waals surface area contributed by atoms with Crippen LogP contribution in [-0.4, -0.2) is 13.9 Å². The van der Waals surface area contributed by atoms with Crippen molar-refractivity contribution in [1.82, 2.24) is 13.9 Å². The number of aromatic nitrogens is 3. The van der Waals surface area contributed by atoms with Gasteiger partial charge in [-0.05, 0) is 18.2 Å². The highest BCUT2D eigenvalue weighted by atomic mass is 35.5. The molecular formula is C13H10ClN3O2. The molecule has 2 aliphatic rings. The molecule has 0 radical (unpaired) electrons. The van der Waals surface area contributed by atoms with Gasteiger partial charge in [0.05, 0.1) is 17.8 Å². The number of benzene rings is 1. The molecule has 1 aliphatic carbocycles. The van der Waals surface area contributed by atoms with Gasteiger partial charge in [0, 0.05) is 11.5 Å². The van der Waals surface area contributed by atoms with Gasteiger partial charge in [-0.1, -0.05) is 29.8 Å². The molecule has 0 saturated heterocycles. The largest absolute Gasteiger partial charge is 0.352 e. The first kappa shape index (κ1) is 10.9. The molecular weight excluding hydrogens is 266 g/mol. The maximum Gasteiger partial charge on any atom is 0.352 e. The normalized spacial score (nSPS) is 23.5. The molecule has 2 atom stereocenters. The average Bonchev–Trinajstić information content (AvgIpc) is 3.02. The minimum absolute atomic E-state index is 0.0948. The Morgan fingerprint density at radius 3 is 2.47 bits per heavy atom. The highest BCUT2D eigenvalue weighted by Crippen LogP contribution is 2.43. The Kier molecular flexibility index (Phi) is 2.01. The number of hydrogen-bond acceptors (Lipinski definition) is 2. The SMILES string of the molecule is O=c1n(-c2ccccc2)c(=O)n2n1C1C=C(Cl)C2C1. The van der Waals surface area contributed by atoms with Gasteiger partial charge in [0.15, 0.2) is 0 Å². The summed E-state index contributed by atoms with van der Waals surface area (Å²) in [6.45, 7) is 0. The fraction of sp³-hybridized carbons (Fsp3) is 0.231. The van der Waals surface area contributed by atoms with Crippen molar-refractivity contribution in [3.05, 3.63) is 62.4 Å². The van der Waals surface area contributed by atoms with E-state index in [4.69, 9.17) is 11.6 Å². The van der Waals surface area contributed by atoms with Gasteiger partial charge in [-0.3, -0.25) is 0 Å². The van der Waals surface area contributed by atoms with Crippen molar-refractivity contribution in [1.29, 1.82) is 0 Å². The van der Waals surface area contributed by atoms with Crippen molar-refractivity contribution in [3.63, 3.8) is 0 Å². The zero-order chi connectivity index (χ0) is 13.1. The predicted molar refractivity (Wildman–Crippen MR) is 70.9 cm³/mol. The van der Waals surface area contributed by atoms with Gasteiger partial charge in [0.1, 0.15) is 0 Å². The first-order valence-electron chi connectivity index (χ1n) is 6.07. The number of nitrogens with zero attached hydrogens (tertiary/aromatic N) is 3. The van der Waals surface area contributed by atoms with Crippen LogP contribution in [0.4, 0.5) is 0 Å². The van der Waals surface area contributed by atoms with Gasteiger partial charge in [-0.15, -0.1) is 0 Å². The second-order valence-corrected chi connectivity index (χ2v) is 5.23. The summed E-state index contributed by atoms with van der Waals surface area (Å²) in [5.74, 6) is 0. The third-order valence-corrected chi connectivity index (χ3v) is 4.14. The molecule has 0 N–H and O–H groups in total. The third kappa shape index (κ3) is 1.25. The van der Waals surface area contributed by atoms with Crippen LogP contribution in [0.2, 0.25) is 0 Å². The Bertz CT molecular complexity index is 813. The highest BCUT2D eigenvalue weighted by Gasteiger charge is 2.41. The van der Waals surface area contributed by atoms with Gasteiger partial charge in [0.25, 0.3) is 0 Å². The molecule has 2 heterocycles. The fourth-order valence-corrected chi connectivity index (χ4v) is 3.27. The smallest absolute Gasteiger partial charge is 0.245 e. The van der Waals surface area contributed by atoms with Crippen LogP contribution in [0.5, 0.6) is 0 Å². The molecule has 2 bridgehead atoms. The van der Waals surface area contributed by atoms with Crippen LogP contribution in [-0.2, 0) is 0 Å². The maximum absolute atomic E-state index is 12.4. The maximum atomic E-state index is 12.4. The standard InChI is InChI=1S/C13H10ClN3O2/c14-10-6-9-7-11(10)17-13(19)15(12(18)16(9)17)8-4-2-1-3-5-8/h1-6,9,11H,7H2. The van der Waals surface area contributed by atoms with E-state index in [9.17, 15) is 9.59 Å². The van der Waals surface area contributed by atoms with Crippen LogP contribution in [0.1, 0.15) is 18.5 Å². The summed E-state index contributed by atoms with van der Waals surface area (Å²) in [5, 5.41) is 0.650. The van der Waals surface area contributed by atoms with Crippen LogP contribution >= 0.6 is 11.6 Å². The van der Waals surface area contributed by atoms with Crippen LogP contribution in [0.25, 0.3) is 5.69 Å². The number of para-hydroxylation sites is 1. The molecule has 96 valence electrons. The summed E-state index contributed by atoms with van der Waals surface area (Å²) in [7, 11) is 0. The molecule has 1 aliphatic heterocycles. The van der Waals surface area contributed by atoms with Crippen molar-refractivity contribution in [3.8, 4) is 5.69 Å². The monoisotopic (exact) mass is 275 g/mol. The van der Waals surface area contributed by atoms with Crippen LogP contribution in [0, 0.1) is 0 Å². The van der Waals surface area contributed by atoms with Crippen molar-refractivity contribution in [2.45, 2.75) is 18.5 Å². The molecule has 0 fully saturated rings. The van der Waals surface area contributed by atoms with E-state index in [0.29, 0.717) is 17.1 Å². The lowest BCUT2D eigenvalue weighted by atomic mass is 10.2. The Morgan fingerprint density at radius 2 is 1.74 bits per heavy atom. The van der Waals surface area contributed by atoms with Gasteiger partial charge in [-0.25, -0.2) is 23.5 Å². The van der Waals surface area contributed by atoms with Crippen LogP contribution < -0.4 is 11.4 Å². The van der Waals surface area contributed by atoms with E-state index in [0.717, 1.165) is 0 Å². The Labute approximate surface area is 112 Å². The lowest BCUT2D eigenvalue weighted by molar-refractivity contribution is 0.501. The molecule has 2 aromatic rings. The molecule has 1 aromatic heterocycles. The lowest BCUT2D eigenvalue weighted by Gasteiger charge is -2.11. The van der Waals surface area contributed by atoms with E-state index >= 15 is 0 Å². The van der Waals surface area contributed by atoms with Gasteiger partial charge < -0.3 is 0 Å². The van der Waals surface area contributed by atoms with E-state index in [2.05, 4.69) is 0 Å². The van der Waals surface area contributed by atoms with E-state index in [1.165, 1.54) is 13.9 Å². The highest BCUT2D eigenvalue weighted by molar-refractivity contribution is 6.30. The van der Waals surface area contributed by atoms with Gasteiger partial charge >= 0.3 is 11.4 Å².